The summed E-state index contributed by atoms with van der Waals surface area (Å²) < 4.78 is 28.8. The quantitative estimate of drug-likeness (QED) is 0.573. The van der Waals surface area contributed by atoms with Crippen molar-refractivity contribution >= 4 is 27.4 Å². The van der Waals surface area contributed by atoms with Gasteiger partial charge in [0.2, 0.25) is 0 Å². The van der Waals surface area contributed by atoms with Crippen LogP contribution in [0.15, 0.2) is 24.3 Å². The molecule has 0 heterocycles. The van der Waals surface area contributed by atoms with Crippen LogP contribution < -0.4 is 0 Å². The third-order valence-corrected chi connectivity index (χ3v) is 4.57. The van der Waals surface area contributed by atoms with Gasteiger partial charge in [0.1, 0.15) is 5.75 Å². The highest BCUT2D eigenvalue weighted by Gasteiger charge is 2.19. The Morgan fingerprint density at radius 2 is 1.80 bits per heavy atom. The summed E-state index contributed by atoms with van der Waals surface area (Å²) in [5.74, 6) is -1.08. The van der Waals surface area contributed by atoms with Crippen molar-refractivity contribution in [2.24, 2.45) is 0 Å². The minimum absolute atomic E-state index is 0.175. The van der Waals surface area contributed by atoms with Gasteiger partial charge < -0.3 is 4.74 Å². The fraction of sp³-hybridized carbons (Fsp3) is 0.500. The molecule has 20 heavy (non-hydrogen) atoms. The Bertz CT molecular complexity index is 537. The molecule has 0 aliphatic heterocycles. The zero-order valence-electron chi connectivity index (χ0n) is 11.6. The second-order valence-electron chi connectivity index (χ2n) is 4.69. The van der Waals surface area contributed by atoms with E-state index in [1.54, 1.807) is 31.2 Å². The molecule has 1 rings (SSSR count). The average Bonchev–Trinajstić information content (AvgIpc) is 2.38. The van der Waals surface area contributed by atoms with Gasteiger partial charge in [-0.05, 0) is 24.5 Å². The Balaban J connectivity index is 2.62. The Kier molecular flexibility index (Phi) is 6.49. The van der Waals surface area contributed by atoms with Gasteiger partial charge in [-0.25, -0.2) is 8.42 Å². The Morgan fingerprint density at radius 3 is 2.30 bits per heavy atom. The normalized spacial score (nSPS) is 12.9. The van der Waals surface area contributed by atoms with Crippen LogP contribution >= 0.6 is 11.6 Å². The van der Waals surface area contributed by atoms with Crippen molar-refractivity contribution in [3.05, 3.63) is 35.4 Å². The van der Waals surface area contributed by atoms with Gasteiger partial charge in [0.05, 0.1) is 11.9 Å². The van der Waals surface area contributed by atoms with E-state index in [0.29, 0.717) is 17.9 Å². The maximum Gasteiger partial charge on any atom is 0.321 e. The third kappa shape index (κ3) is 5.92. The number of esters is 1. The molecule has 0 aliphatic rings. The molecule has 0 saturated heterocycles. The Hall–Kier alpha value is -1.07. The highest BCUT2D eigenvalue weighted by atomic mass is 35.5. The van der Waals surface area contributed by atoms with Crippen molar-refractivity contribution < 1.29 is 17.9 Å². The molecular formula is C14H19ClO4S. The van der Waals surface area contributed by atoms with E-state index in [9.17, 15) is 13.2 Å². The lowest BCUT2D eigenvalue weighted by molar-refractivity contribution is -0.145. The molecule has 0 aliphatic carbocycles. The zero-order valence-corrected chi connectivity index (χ0v) is 13.2. The molecule has 0 N–H and O–H groups in total. The van der Waals surface area contributed by atoms with Crippen LogP contribution in [0.4, 0.5) is 0 Å². The number of benzene rings is 1. The molecule has 0 saturated carbocycles. The number of alkyl halides is 1. The summed E-state index contributed by atoms with van der Waals surface area (Å²) in [5.41, 5.74) is 1.55. The first-order valence-electron chi connectivity index (χ1n) is 6.40. The third-order valence-electron chi connectivity index (χ3n) is 2.81. The van der Waals surface area contributed by atoms with Gasteiger partial charge in [0.25, 0.3) is 0 Å². The topological polar surface area (TPSA) is 60.4 Å². The van der Waals surface area contributed by atoms with Crippen LogP contribution in [0.3, 0.4) is 0 Å². The summed E-state index contributed by atoms with van der Waals surface area (Å²) in [5, 5.41) is 0. The number of carbonyl (C=O) groups excluding carboxylic acids is 1. The van der Waals surface area contributed by atoms with Crippen molar-refractivity contribution in [3.63, 3.8) is 0 Å². The van der Waals surface area contributed by atoms with Crippen molar-refractivity contribution in [2.75, 3.05) is 5.75 Å². The smallest absolute Gasteiger partial charge is 0.321 e. The predicted molar refractivity (Wildman–Crippen MR) is 79.3 cm³/mol. The van der Waals surface area contributed by atoms with Crippen LogP contribution in [0, 0.1) is 0 Å². The summed E-state index contributed by atoms with van der Waals surface area (Å²) >= 11 is 5.66. The largest absolute Gasteiger partial charge is 0.462 e. The first-order chi connectivity index (χ1) is 9.36. The van der Waals surface area contributed by atoms with Gasteiger partial charge in [-0.3, -0.25) is 4.79 Å². The average molecular weight is 319 g/mol. The highest BCUT2D eigenvalue weighted by Crippen LogP contribution is 2.11. The van der Waals surface area contributed by atoms with Gasteiger partial charge >= 0.3 is 5.97 Å². The van der Waals surface area contributed by atoms with Crippen molar-refractivity contribution in [3.8, 4) is 0 Å². The first-order valence-corrected chi connectivity index (χ1v) is 8.75. The fourth-order valence-corrected chi connectivity index (χ4v) is 2.96. The number of sulfone groups is 1. The van der Waals surface area contributed by atoms with E-state index in [4.69, 9.17) is 16.3 Å². The molecule has 0 fully saturated rings. The summed E-state index contributed by atoms with van der Waals surface area (Å²) in [6, 6.07) is 6.95. The van der Waals surface area contributed by atoms with E-state index in [0.717, 1.165) is 5.56 Å². The molecular weight excluding hydrogens is 300 g/mol. The molecule has 0 amide bonds. The summed E-state index contributed by atoms with van der Waals surface area (Å²) in [6.07, 6.45) is 0.395. The fourth-order valence-electron chi connectivity index (χ4n) is 1.55. The van der Waals surface area contributed by atoms with Gasteiger partial charge in [0, 0.05) is 5.88 Å². The van der Waals surface area contributed by atoms with E-state index in [-0.39, 0.29) is 11.9 Å². The van der Waals surface area contributed by atoms with E-state index in [1.807, 2.05) is 6.92 Å². The molecule has 0 spiro atoms. The van der Waals surface area contributed by atoms with Gasteiger partial charge in [-0.15, -0.1) is 11.6 Å². The van der Waals surface area contributed by atoms with Crippen LogP contribution in [-0.2, 0) is 31.0 Å². The molecule has 0 radical (unpaired) electrons. The van der Waals surface area contributed by atoms with Crippen molar-refractivity contribution in [2.45, 2.75) is 38.0 Å². The highest BCUT2D eigenvalue weighted by molar-refractivity contribution is 7.91. The molecule has 1 aromatic carbocycles. The number of halogens is 1. The maximum atomic E-state index is 11.9. The molecule has 1 atom stereocenters. The van der Waals surface area contributed by atoms with E-state index in [2.05, 4.69) is 0 Å². The number of carbonyl (C=O) groups is 1. The van der Waals surface area contributed by atoms with Gasteiger partial charge in [-0.1, -0.05) is 31.2 Å². The minimum Gasteiger partial charge on any atom is -0.462 e. The standard InChI is InChI=1S/C14H19ClO4S/c1-3-11(2)19-14(16)10-20(17,18)9-13-6-4-12(8-15)5-7-13/h4-7,11H,3,8-10H2,1-2H3. The lowest BCUT2D eigenvalue weighted by Crippen LogP contribution is -2.23. The molecule has 0 bridgehead atoms. The number of hydrogen-bond donors (Lipinski definition) is 0. The lowest BCUT2D eigenvalue weighted by atomic mass is 10.2. The summed E-state index contributed by atoms with van der Waals surface area (Å²) in [7, 11) is -3.51. The maximum absolute atomic E-state index is 11.9. The van der Waals surface area contributed by atoms with Gasteiger partial charge in [-0.2, -0.15) is 0 Å². The molecule has 112 valence electrons. The van der Waals surface area contributed by atoms with E-state index < -0.39 is 21.6 Å². The number of rotatable bonds is 7. The van der Waals surface area contributed by atoms with Crippen LogP contribution in [0.5, 0.6) is 0 Å². The second-order valence-corrected chi connectivity index (χ2v) is 7.02. The monoisotopic (exact) mass is 318 g/mol. The molecule has 4 nitrogen and oxygen atoms in total. The molecule has 1 unspecified atom stereocenters. The lowest BCUT2D eigenvalue weighted by Gasteiger charge is -2.11. The summed E-state index contributed by atoms with van der Waals surface area (Å²) in [6.45, 7) is 3.60. The Morgan fingerprint density at radius 1 is 1.25 bits per heavy atom. The number of hydrogen-bond acceptors (Lipinski definition) is 4. The van der Waals surface area contributed by atoms with E-state index in [1.165, 1.54) is 0 Å². The van der Waals surface area contributed by atoms with E-state index >= 15 is 0 Å². The van der Waals surface area contributed by atoms with Crippen LogP contribution in [0.2, 0.25) is 0 Å². The van der Waals surface area contributed by atoms with Crippen LogP contribution in [0.1, 0.15) is 31.4 Å². The molecule has 1 aromatic rings. The SMILES string of the molecule is CCC(C)OC(=O)CS(=O)(=O)Cc1ccc(CCl)cc1. The Labute approximate surface area is 125 Å². The number of ether oxygens (including phenoxy) is 1. The van der Waals surface area contributed by atoms with Crippen molar-refractivity contribution in [1.29, 1.82) is 0 Å². The van der Waals surface area contributed by atoms with Crippen LogP contribution in [0.25, 0.3) is 0 Å². The van der Waals surface area contributed by atoms with Gasteiger partial charge in [0.15, 0.2) is 9.84 Å². The molecule has 0 aromatic heterocycles. The second kappa shape index (κ2) is 7.64. The minimum atomic E-state index is -3.51. The first kappa shape index (κ1) is 17.0. The zero-order chi connectivity index (χ0) is 15.2. The summed E-state index contributed by atoms with van der Waals surface area (Å²) in [4.78, 5) is 11.5. The van der Waals surface area contributed by atoms with Crippen LogP contribution in [-0.4, -0.2) is 26.2 Å². The van der Waals surface area contributed by atoms with Crippen molar-refractivity contribution in [1.82, 2.24) is 0 Å². The molecule has 6 heteroatoms. The predicted octanol–water partition coefficient (Wildman–Crippen LogP) is 2.68.